The maximum Gasteiger partial charge on any atom is 0.225 e. The van der Waals surface area contributed by atoms with Gasteiger partial charge in [0.1, 0.15) is 12.4 Å². The second kappa shape index (κ2) is 11.5. The third kappa shape index (κ3) is 6.31. The quantitative estimate of drug-likeness (QED) is 0.274. The summed E-state index contributed by atoms with van der Waals surface area (Å²) >= 11 is 0. The Morgan fingerprint density at radius 1 is 1.16 bits per heavy atom. The van der Waals surface area contributed by atoms with Gasteiger partial charge in [0.15, 0.2) is 0 Å². The van der Waals surface area contributed by atoms with E-state index in [9.17, 15) is 0 Å². The van der Waals surface area contributed by atoms with E-state index in [1.165, 1.54) is 6.42 Å². The smallest absolute Gasteiger partial charge is 0.225 e. The number of aromatic nitrogens is 4. The maximum absolute atomic E-state index is 6.05. The topological polar surface area (TPSA) is 92.2 Å². The van der Waals surface area contributed by atoms with E-state index in [1.54, 1.807) is 0 Å². The van der Waals surface area contributed by atoms with E-state index in [0.29, 0.717) is 18.8 Å². The van der Waals surface area contributed by atoms with E-state index < -0.39 is 8.07 Å². The van der Waals surface area contributed by atoms with Gasteiger partial charge in [-0.05, 0) is 51.0 Å². The van der Waals surface area contributed by atoms with E-state index in [2.05, 4.69) is 62.3 Å². The normalized spacial score (nSPS) is 20.6. The van der Waals surface area contributed by atoms with Crippen molar-refractivity contribution in [2.75, 3.05) is 50.1 Å². The van der Waals surface area contributed by atoms with Crippen LogP contribution in [0.2, 0.25) is 25.7 Å². The monoisotopic (exact) mass is 522 g/mol. The van der Waals surface area contributed by atoms with E-state index >= 15 is 0 Å². The highest BCUT2D eigenvalue weighted by Crippen LogP contribution is 2.35. The lowest BCUT2D eigenvalue weighted by molar-refractivity contribution is 0.0899. The molecule has 2 atom stereocenters. The third-order valence-corrected chi connectivity index (χ3v) is 9.16. The lowest BCUT2D eigenvalue weighted by atomic mass is 10.0. The van der Waals surface area contributed by atoms with Crippen molar-refractivity contribution in [3.05, 3.63) is 30.7 Å². The number of fused-ring (bicyclic) bond motifs is 1. The van der Waals surface area contributed by atoms with Crippen LogP contribution in [0.25, 0.3) is 22.3 Å². The molecule has 1 unspecified atom stereocenters. The molecule has 9 nitrogen and oxygen atoms in total. The van der Waals surface area contributed by atoms with Crippen LogP contribution >= 0.6 is 0 Å². The summed E-state index contributed by atoms with van der Waals surface area (Å²) in [4.78, 5) is 16.8. The molecule has 0 aromatic carbocycles. The number of hydrogen-bond acceptors (Lipinski definition) is 8. The molecule has 0 saturated carbocycles. The van der Waals surface area contributed by atoms with Crippen molar-refractivity contribution in [1.29, 1.82) is 0 Å². The molecule has 5 rings (SSSR count). The second-order valence-electron chi connectivity index (χ2n) is 11.6. The van der Waals surface area contributed by atoms with Gasteiger partial charge in [0, 0.05) is 75.9 Å². The molecule has 200 valence electrons. The van der Waals surface area contributed by atoms with Gasteiger partial charge in [-0.1, -0.05) is 19.6 Å². The number of piperidine rings is 1. The van der Waals surface area contributed by atoms with Gasteiger partial charge in [-0.2, -0.15) is 0 Å². The van der Waals surface area contributed by atoms with Crippen LogP contribution in [0.5, 0.6) is 0 Å². The summed E-state index contributed by atoms with van der Waals surface area (Å²) in [5.74, 6) is 0.786. The molecule has 0 bridgehead atoms. The lowest BCUT2D eigenvalue weighted by Gasteiger charge is -2.26. The molecule has 2 saturated heterocycles. The van der Waals surface area contributed by atoms with Gasteiger partial charge in [-0.15, -0.1) is 0 Å². The van der Waals surface area contributed by atoms with Crippen LogP contribution in [0.1, 0.15) is 19.3 Å². The Hall–Kier alpha value is -2.53. The number of likely N-dealkylation sites (N-methyl/N-ethyl adjacent to an activating group) is 1. The Labute approximate surface area is 221 Å². The second-order valence-corrected chi connectivity index (χ2v) is 17.2. The molecule has 3 N–H and O–H groups in total. The average Bonchev–Trinajstić information content (AvgIpc) is 3.55. The highest BCUT2D eigenvalue weighted by atomic mass is 28.3. The zero-order chi connectivity index (χ0) is 25.8. The number of pyridine rings is 1. The van der Waals surface area contributed by atoms with Gasteiger partial charge in [0.05, 0.1) is 11.4 Å². The van der Waals surface area contributed by atoms with Crippen LogP contribution in [0, 0.1) is 0 Å². The van der Waals surface area contributed by atoms with Crippen molar-refractivity contribution < 1.29 is 4.74 Å². The first kappa shape index (κ1) is 26.1. The van der Waals surface area contributed by atoms with Crippen LogP contribution in [0.3, 0.4) is 0 Å². The van der Waals surface area contributed by atoms with Crippen LogP contribution < -0.4 is 20.9 Å². The molecular formula is C27H42N8OSi. The number of nitrogens with zero attached hydrogens (tertiary/aromatic N) is 5. The van der Waals surface area contributed by atoms with Gasteiger partial charge in [-0.25, -0.2) is 15.0 Å². The molecule has 2 aliphatic heterocycles. The molecule has 0 radical (unpaired) electrons. The fourth-order valence-corrected chi connectivity index (χ4v) is 5.90. The molecule has 2 aliphatic rings. The number of nitrogens with one attached hydrogen (secondary N) is 3. The predicted octanol–water partition coefficient (Wildman–Crippen LogP) is 3.77. The standard InChI is InChI=1S/C27H42N8OSi/c1-28-21-8-12-34(18-21)27-30-11-7-24(33-27)23-17-31-26-22(25(23)32-20-6-5-10-29-16-20)9-13-35(26)19-36-14-15-37(2,3)4/h7,9,11,13,17,20-21,28-29H,5-6,8,10,12,14-16,18-19H2,1-4H3,(H,31,32)/t20-,21?/m1/s1. The Kier molecular flexibility index (Phi) is 8.09. The predicted molar refractivity (Wildman–Crippen MR) is 154 cm³/mol. The van der Waals surface area contributed by atoms with E-state index in [-0.39, 0.29) is 0 Å². The molecule has 37 heavy (non-hydrogen) atoms. The SMILES string of the molecule is CNC1CCN(c2nccc(-c3cnc4c(ccn4COCC[Si](C)(C)C)c3N[C@@H]3CCCNC3)n2)C1. The van der Waals surface area contributed by atoms with Gasteiger partial charge in [0.25, 0.3) is 0 Å². The highest BCUT2D eigenvalue weighted by Gasteiger charge is 2.24. The van der Waals surface area contributed by atoms with Crippen LogP contribution in [0.15, 0.2) is 30.7 Å². The van der Waals surface area contributed by atoms with Crippen LogP contribution in [0.4, 0.5) is 11.6 Å². The summed E-state index contributed by atoms with van der Waals surface area (Å²) in [6, 6.07) is 6.16. The number of anilines is 2. The zero-order valence-electron chi connectivity index (χ0n) is 22.8. The molecule has 0 aliphatic carbocycles. The average molecular weight is 523 g/mol. The highest BCUT2D eigenvalue weighted by molar-refractivity contribution is 6.76. The molecule has 0 spiro atoms. The van der Waals surface area contributed by atoms with Gasteiger partial charge < -0.3 is 30.2 Å². The molecular weight excluding hydrogens is 480 g/mol. The van der Waals surface area contributed by atoms with Gasteiger partial charge >= 0.3 is 0 Å². The first-order valence-electron chi connectivity index (χ1n) is 13.7. The van der Waals surface area contributed by atoms with Crippen molar-refractivity contribution in [2.24, 2.45) is 0 Å². The fourth-order valence-electron chi connectivity index (χ4n) is 5.14. The zero-order valence-corrected chi connectivity index (χ0v) is 23.8. The molecule has 5 heterocycles. The molecule has 3 aromatic rings. The molecule has 3 aromatic heterocycles. The minimum Gasteiger partial charge on any atom is -0.380 e. The van der Waals surface area contributed by atoms with Crippen molar-refractivity contribution in [3.8, 4) is 11.3 Å². The Bertz CT molecular complexity index is 1190. The number of rotatable bonds is 10. The lowest BCUT2D eigenvalue weighted by Crippen LogP contribution is -2.38. The summed E-state index contributed by atoms with van der Waals surface area (Å²) in [7, 11) is 0.904. The Morgan fingerprint density at radius 2 is 2.05 bits per heavy atom. The summed E-state index contributed by atoms with van der Waals surface area (Å²) in [5.41, 5.74) is 3.95. The van der Waals surface area contributed by atoms with Crippen molar-refractivity contribution in [3.63, 3.8) is 0 Å². The maximum atomic E-state index is 6.05. The van der Waals surface area contributed by atoms with Crippen molar-refractivity contribution >= 4 is 30.7 Å². The minimum absolute atomic E-state index is 0.366. The number of ether oxygens (including phenoxy) is 1. The molecule has 2 fully saturated rings. The Balaban J connectivity index is 1.45. The van der Waals surface area contributed by atoms with Crippen molar-refractivity contribution in [1.82, 2.24) is 30.2 Å². The third-order valence-electron chi connectivity index (χ3n) is 7.46. The van der Waals surface area contributed by atoms with Gasteiger partial charge in [0.2, 0.25) is 5.95 Å². The van der Waals surface area contributed by atoms with E-state index in [0.717, 1.165) is 85.6 Å². The first-order valence-corrected chi connectivity index (χ1v) is 17.4. The minimum atomic E-state index is -1.12. The summed E-state index contributed by atoms with van der Waals surface area (Å²) < 4.78 is 8.17. The summed E-state index contributed by atoms with van der Waals surface area (Å²) in [6.07, 6.45) is 9.35. The van der Waals surface area contributed by atoms with Crippen molar-refractivity contribution in [2.45, 2.75) is 63.8 Å². The summed E-state index contributed by atoms with van der Waals surface area (Å²) in [5, 5.41) is 11.9. The van der Waals surface area contributed by atoms with Crippen LogP contribution in [-0.4, -0.2) is 79.5 Å². The van der Waals surface area contributed by atoms with Gasteiger partial charge in [-0.3, -0.25) is 0 Å². The first-order chi connectivity index (χ1) is 17.9. The van der Waals surface area contributed by atoms with Crippen LogP contribution in [-0.2, 0) is 11.5 Å². The molecule has 10 heteroatoms. The number of hydrogen-bond donors (Lipinski definition) is 3. The van der Waals surface area contributed by atoms with E-state index in [4.69, 9.17) is 14.7 Å². The fraction of sp³-hybridized carbons (Fsp3) is 0.593. The largest absolute Gasteiger partial charge is 0.380 e. The summed E-state index contributed by atoms with van der Waals surface area (Å²) in [6.45, 7) is 12.4. The van der Waals surface area contributed by atoms with E-state index in [1.807, 2.05) is 25.5 Å². The Morgan fingerprint density at radius 3 is 2.81 bits per heavy atom. The molecule has 0 amide bonds.